The molecule has 2 aliphatic rings. The zero-order chi connectivity index (χ0) is 17.2. The summed E-state index contributed by atoms with van der Waals surface area (Å²) in [5.74, 6) is 1.99. The summed E-state index contributed by atoms with van der Waals surface area (Å²) in [6, 6.07) is 16.6. The first-order valence-corrected chi connectivity index (χ1v) is 9.14. The zero-order valence-corrected chi connectivity index (χ0v) is 14.7. The molecule has 130 valence electrons. The van der Waals surface area contributed by atoms with Crippen molar-refractivity contribution in [2.45, 2.75) is 37.3 Å². The van der Waals surface area contributed by atoms with E-state index in [1.807, 2.05) is 30.3 Å². The number of nitrogens with zero attached hydrogens (tertiary/aromatic N) is 1. The summed E-state index contributed by atoms with van der Waals surface area (Å²) in [4.78, 5) is 4.69. The molecule has 25 heavy (non-hydrogen) atoms. The van der Waals surface area contributed by atoms with Gasteiger partial charge in [-0.3, -0.25) is 0 Å². The third-order valence-corrected chi connectivity index (χ3v) is 5.27. The molecule has 3 N–H and O–H groups in total. The Labute approximate surface area is 153 Å². The van der Waals surface area contributed by atoms with E-state index >= 15 is 0 Å². The first-order chi connectivity index (χ1) is 12.2. The average molecular weight is 356 g/mol. The monoisotopic (exact) mass is 355 g/mol. The molecule has 1 fully saturated rings. The van der Waals surface area contributed by atoms with E-state index in [1.165, 1.54) is 5.56 Å². The van der Waals surface area contributed by atoms with E-state index in [1.54, 1.807) is 0 Å². The van der Waals surface area contributed by atoms with Crippen LogP contribution in [0.5, 0.6) is 5.75 Å². The number of nitrogens with one attached hydrogen (secondary N) is 1. The Hall–Kier alpha value is -2.20. The standard InChI is InChI=1S/C20H22ClN3O/c21-15-5-3-4-13(10-15)14-11-16(12-14)23-20(22)24-18-8-9-25-19-7-2-1-6-17(18)19/h1-7,10,14,16,18H,8-9,11-12H2,(H3,22,23,24). The van der Waals surface area contributed by atoms with Crippen LogP contribution in [0.4, 0.5) is 0 Å². The number of halogens is 1. The summed E-state index contributed by atoms with van der Waals surface area (Å²) >= 11 is 6.08. The first kappa shape index (κ1) is 16.3. The second-order valence-corrected chi connectivity index (χ2v) is 7.21. The molecule has 5 heteroatoms. The van der Waals surface area contributed by atoms with Gasteiger partial charge in [0.2, 0.25) is 0 Å². The van der Waals surface area contributed by atoms with Gasteiger partial charge in [-0.05, 0) is 42.5 Å². The minimum Gasteiger partial charge on any atom is -0.493 e. The lowest BCUT2D eigenvalue weighted by atomic mass is 9.76. The maximum absolute atomic E-state index is 6.16. The van der Waals surface area contributed by atoms with Gasteiger partial charge < -0.3 is 15.8 Å². The number of nitrogens with two attached hydrogens (primary N) is 1. The quantitative estimate of drug-likeness (QED) is 0.646. The highest BCUT2D eigenvalue weighted by Crippen LogP contribution is 2.38. The van der Waals surface area contributed by atoms with Crippen LogP contribution in [0, 0.1) is 0 Å². The predicted octanol–water partition coefficient (Wildman–Crippen LogP) is 4.01. The van der Waals surface area contributed by atoms with Gasteiger partial charge in [0.15, 0.2) is 5.96 Å². The first-order valence-electron chi connectivity index (χ1n) is 8.76. The van der Waals surface area contributed by atoms with Gasteiger partial charge in [0, 0.05) is 23.0 Å². The Morgan fingerprint density at radius 1 is 1.16 bits per heavy atom. The molecule has 0 radical (unpaired) electrons. The highest BCUT2D eigenvalue weighted by molar-refractivity contribution is 6.30. The zero-order valence-electron chi connectivity index (χ0n) is 14.0. The highest BCUT2D eigenvalue weighted by atomic mass is 35.5. The Bertz CT molecular complexity index is 786. The third kappa shape index (κ3) is 3.59. The van der Waals surface area contributed by atoms with Crippen molar-refractivity contribution in [1.29, 1.82) is 0 Å². The van der Waals surface area contributed by atoms with Gasteiger partial charge in [0.05, 0.1) is 12.6 Å². The van der Waals surface area contributed by atoms with E-state index in [4.69, 9.17) is 27.1 Å². The van der Waals surface area contributed by atoms with Crippen molar-refractivity contribution in [1.82, 2.24) is 5.32 Å². The normalized spacial score (nSPS) is 25.5. The summed E-state index contributed by atoms with van der Waals surface area (Å²) in [7, 11) is 0. The molecule has 1 heterocycles. The van der Waals surface area contributed by atoms with Crippen molar-refractivity contribution in [2.24, 2.45) is 10.7 Å². The van der Waals surface area contributed by atoms with Crippen molar-refractivity contribution >= 4 is 17.6 Å². The van der Waals surface area contributed by atoms with Crippen molar-refractivity contribution in [2.75, 3.05) is 6.61 Å². The van der Waals surface area contributed by atoms with Crippen LogP contribution in [0.2, 0.25) is 5.02 Å². The smallest absolute Gasteiger partial charge is 0.189 e. The Morgan fingerprint density at radius 3 is 2.84 bits per heavy atom. The predicted molar refractivity (Wildman–Crippen MR) is 101 cm³/mol. The van der Waals surface area contributed by atoms with Crippen LogP contribution in [-0.4, -0.2) is 18.6 Å². The van der Waals surface area contributed by atoms with Gasteiger partial charge >= 0.3 is 0 Å². The number of benzene rings is 2. The van der Waals surface area contributed by atoms with Crippen LogP contribution < -0.4 is 15.8 Å². The topological polar surface area (TPSA) is 59.6 Å². The fourth-order valence-corrected chi connectivity index (χ4v) is 3.84. The lowest BCUT2D eigenvalue weighted by Crippen LogP contribution is -2.46. The third-order valence-electron chi connectivity index (χ3n) is 5.03. The lowest BCUT2D eigenvalue weighted by Gasteiger charge is -2.36. The maximum atomic E-state index is 6.16. The molecular weight excluding hydrogens is 334 g/mol. The van der Waals surface area contributed by atoms with Crippen LogP contribution in [0.1, 0.15) is 42.3 Å². The van der Waals surface area contributed by atoms with E-state index in [9.17, 15) is 0 Å². The van der Waals surface area contributed by atoms with E-state index in [2.05, 4.69) is 23.5 Å². The highest BCUT2D eigenvalue weighted by Gasteiger charge is 2.31. The molecule has 0 aromatic heterocycles. The number of para-hydroxylation sites is 1. The molecule has 1 unspecified atom stereocenters. The van der Waals surface area contributed by atoms with Crippen LogP contribution in [0.3, 0.4) is 0 Å². The van der Waals surface area contributed by atoms with E-state index < -0.39 is 0 Å². The molecule has 4 nitrogen and oxygen atoms in total. The summed E-state index contributed by atoms with van der Waals surface area (Å²) in [5.41, 5.74) is 8.58. The summed E-state index contributed by atoms with van der Waals surface area (Å²) < 4.78 is 5.68. The lowest BCUT2D eigenvalue weighted by molar-refractivity contribution is 0.269. The molecule has 4 rings (SSSR count). The van der Waals surface area contributed by atoms with Crippen molar-refractivity contribution < 1.29 is 4.74 Å². The van der Waals surface area contributed by atoms with Crippen LogP contribution >= 0.6 is 11.6 Å². The molecule has 1 aliphatic heterocycles. The second kappa shape index (κ2) is 6.96. The number of aliphatic imine (C=N–C) groups is 1. The number of hydrogen-bond donors (Lipinski definition) is 2. The Balaban J connectivity index is 1.36. The average Bonchev–Trinajstić information content (AvgIpc) is 2.58. The van der Waals surface area contributed by atoms with Gasteiger partial charge in [-0.2, -0.15) is 0 Å². The molecule has 1 atom stereocenters. The molecule has 0 spiro atoms. The molecule has 2 aromatic rings. The van der Waals surface area contributed by atoms with Gasteiger partial charge in [-0.25, -0.2) is 4.99 Å². The van der Waals surface area contributed by atoms with Gasteiger partial charge in [0.1, 0.15) is 5.75 Å². The molecular formula is C20H22ClN3O. The minimum absolute atomic E-state index is 0.0706. The Kier molecular flexibility index (Phi) is 4.53. The van der Waals surface area contributed by atoms with E-state index in [0.29, 0.717) is 24.5 Å². The molecule has 0 saturated heterocycles. The van der Waals surface area contributed by atoms with Gasteiger partial charge in [-0.15, -0.1) is 0 Å². The van der Waals surface area contributed by atoms with Gasteiger partial charge in [0.25, 0.3) is 0 Å². The van der Waals surface area contributed by atoms with Crippen LogP contribution in [0.15, 0.2) is 53.5 Å². The fourth-order valence-electron chi connectivity index (χ4n) is 3.64. The van der Waals surface area contributed by atoms with E-state index in [-0.39, 0.29) is 6.04 Å². The van der Waals surface area contributed by atoms with Gasteiger partial charge in [-0.1, -0.05) is 41.9 Å². The molecule has 1 saturated carbocycles. The summed E-state index contributed by atoms with van der Waals surface area (Å²) in [5, 5.41) is 4.16. The molecule has 2 aromatic carbocycles. The summed E-state index contributed by atoms with van der Waals surface area (Å²) in [6.07, 6.45) is 2.97. The Morgan fingerprint density at radius 2 is 2.00 bits per heavy atom. The SMILES string of the molecule is NC(=NC1CCOc2ccccc21)NC1CC(c2cccc(Cl)c2)C1. The fraction of sp³-hybridized carbons (Fsp3) is 0.350. The van der Waals surface area contributed by atoms with Crippen molar-refractivity contribution in [3.63, 3.8) is 0 Å². The largest absolute Gasteiger partial charge is 0.493 e. The number of guanidine groups is 1. The van der Waals surface area contributed by atoms with Crippen LogP contribution in [-0.2, 0) is 0 Å². The number of hydrogen-bond acceptors (Lipinski definition) is 2. The number of fused-ring (bicyclic) bond motifs is 1. The van der Waals surface area contributed by atoms with Crippen LogP contribution in [0.25, 0.3) is 0 Å². The van der Waals surface area contributed by atoms with E-state index in [0.717, 1.165) is 35.6 Å². The second-order valence-electron chi connectivity index (χ2n) is 6.77. The number of ether oxygens (including phenoxy) is 1. The van der Waals surface area contributed by atoms with Crippen molar-refractivity contribution in [3.05, 3.63) is 64.7 Å². The molecule has 1 aliphatic carbocycles. The minimum atomic E-state index is 0.0706. The number of rotatable bonds is 3. The van der Waals surface area contributed by atoms with Crippen molar-refractivity contribution in [3.8, 4) is 5.75 Å². The molecule has 0 bridgehead atoms. The molecule has 0 amide bonds. The maximum Gasteiger partial charge on any atom is 0.189 e. The summed E-state index contributed by atoms with van der Waals surface area (Å²) in [6.45, 7) is 0.679.